The Hall–Kier alpha value is -2.49. The average Bonchev–Trinajstić information content (AvgIpc) is 2.46. The second kappa shape index (κ2) is 6.10. The van der Waals surface area contributed by atoms with E-state index in [0.717, 1.165) is 11.1 Å². The van der Waals surface area contributed by atoms with Gasteiger partial charge in [-0.05, 0) is 36.2 Å². The van der Waals surface area contributed by atoms with E-state index >= 15 is 0 Å². The quantitative estimate of drug-likeness (QED) is 0.686. The van der Waals surface area contributed by atoms with Crippen molar-refractivity contribution in [3.05, 3.63) is 59.2 Å². The molecule has 0 aromatic heterocycles. The number of carbonyl (C=O) groups is 1. The van der Waals surface area contributed by atoms with Crippen LogP contribution in [0.15, 0.2) is 42.5 Å². The minimum atomic E-state index is -0.397. The molecule has 4 nitrogen and oxygen atoms in total. The van der Waals surface area contributed by atoms with Gasteiger partial charge in [-0.15, -0.1) is 0 Å². The minimum Gasteiger partial charge on any atom is -0.495 e. The summed E-state index contributed by atoms with van der Waals surface area (Å²) in [6, 6.07) is 12.6. The Labute approximate surface area is 118 Å². The van der Waals surface area contributed by atoms with Crippen LogP contribution < -0.4 is 10.5 Å². The van der Waals surface area contributed by atoms with Gasteiger partial charge in [0.15, 0.2) is 0 Å². The van der Waals surface area contributed by atoms with E-state index in [1.54, 1.807) is 18.2 Å². The molecule has 2 aromatic carbocycles. The zero-order valence-corrected chi connectivity index (χ0v) is 11.6. The Morgan fingerprint density at radius 3 is 2.65 bits per heavy atom. The molecule has 0 bridgehead atoms. The zero-order chi connectivity index (χ0) is 14.5. The van der Waals surface area contributed by atoms with E-state index in [1.807, 2.05) is 31.2 Å². The first-order valence-corrected chi connectivity index (χ1v) is 6.27. The fourth-order valence-corrected chi connectivity index (χ4v) is 1.84. The predicted molar refractivity (Wildman–Crippen MR) is 77.7 cm³/mol. The molecule has 0 saturated carbocycles. The number of hydrogen-bond acceptors (Lipinski definition) is 4. The van der Waals surface area contributed by atoms with Gasteiger partial charge < -0.3 is 15.2 Å². The van der Waals surface area contributed by atoms with Gasteiger partial charge in [-0.2, -0.15) is 0 Å². The number of methoxy groups -OCH3 is 1. The molecule has 0 radical (unpaired) electrons. The summed E-state index contributed by atoms with van der Waals surface area (Å²) in [5, 5.41) is 0. The third-order valence-electron chi connectivity index (χ3n) is 3.09. The number of hydrogen-bond donors (Lipinski definition) is 1. The van der Waals surface area contributed by atoms with Crippen LogP contribution >= 0.6 is 0 Å². The van der Waals surface area contributed by atoms with Crippen molar-refractivity contribution in [2.45, 2.75) is 13.5 Å². The van der Waals surface area contributed by atoms with Gasteiger partial charge in [0.25, 0.3) is 0 Å². The molecule has 0 spiro atoms. The van der Waals surface area contributed by atoms with Crippen LogP contribution in [0.3, 0.4) is 0 Å². The van der Waals surface area contributed by atoms with Gasteiger partial charge >= 0.3 is 5.97 Å². The molecule has 2 rings (SSSR count). The maximum Gasteiger partial charge on any atom is 0.338 e. The number of nitrogens with two attached hydrogens (primary N) is 1. The van der Waals surface area contributed by atoms with Crippen molar-refractivity contribution in [2.24, 2.45) is 0 Å². The monoisotopic (exact) mass is 271 g/mol. The highest BCUT2D eigenvalue weighted by Gasteiger charge is 2.11. The van der Waals surface area contributed by atoms with Gasteiger partial charge in [-0.25, -0.2) is 4.79 Å². The van der Waals surface area contributed by atoms with Crippen LogP contribution in [0.2, 0.25) is 0 Å². The molecule has 2 aromatic rings. The summed E-state index contributed by atoms with van der Waals surface area (Å²) in [5.74, 6) is 0.0712. The molecule has 0 aliphatic carbocycles. The van der Waals surface area contributed by atoms with Crippen molar-refractivity contribution in [1.82, 2.24) is 0 Å². The SMILES string of the molecule is COc1cc(C(=O)OCc2ccccc2C)ccc1N. The molecule has 0 aliphatic heterocycles. The third-order valence-corrected chi connectivity index (χ3v) is 3.09. The maximum absolute atomic E-state index is 12.0. The third kappa shape index (κ3) is 3.09. The highest BCUT2D eigenvalue weighted by atomic mass is 16.5. The molecule has 20 heavy (non-hydrogen) atoms. The molecule has 0 aliphatic rings. The van der Waals surface area contributed by atoms with E-state index in [2.05, 4.69) is 0 Å². The first-order valence-electron chi connectivity index (χ1n) is 6.27. The van der Waals surface area contributed by atoms with Gasteiger partial charge in [0.2, 0.25) is 0 Å². The van der Waals surface area contributed by atoms with Crippen molar-refractivity contribution < 1.29 is 14.3 Å². The highest BCUT2D eigenvalue weighted by molar-refractivity contribution is 5.90. The van der Waals surface area contributed by atoms with Crippen LogP contribution in [0.4, 0.5) is 5.69 Å². The summed E-state index contributed by atoms with van der Waals surface area (Å²) in [6.45, 7) is 2.23. The largest absolute Gasteiger partial charge is 0.495 e. The topological polar surface area (TPSA) is 61.5 Å². The Kier molecular flexibility index (Phi) is 4.25. The number of ether oxygens (including phenoxy) is 2. The number of benzene rings is 2. The van der Waals surface area contributed by atoms with E-state index in [-0.39, 0.29) is 6.61 Å². The van der Waals surface area contributed by atoms with Crippen molar-refractivity contribution in [3.63, 3.8) is 0 Å². The van der Waals surface area contributed by atoms with Gasteiger partial charge in [0.05, 0.1) is 18.4 Å². The minimum absolute atomic E-state index is 0.248. The first-order chi connectivity index (χ1) is 9.61. The van der Waals surface area contributed by atoms with Crippen LogP contribution in [0.5, 0.6) is 5.75 Å². The summed E-state index contributed by atoms with van der Waals surface area (Å²) < 4.78 is 10.4. The number of esters is 1. The molecule has 104 valence electrons. The molecule has 4 heteroatoms. The van der Waals surface area contributed by atoms with Crippen LogP contribution in [0, 0.1) is 6.92 Å². The van der Waals surface area contributed by atoms with E-state index in [9.17, 15) is 4.79 Å². The van der Waals surface area contributed by atoms with Gasteiger partial charge in [0.1, 0.15) is 12.4 Å². The van der Waals surface area contributed by atoms with Crippen LogP contribution in [-0.2, 0) is 11.3 Å². The molecular weight excluding hydrogens is 254 g/mol. The fourth-order valence-electron chi connectivity index (χ4n) is 1.84. The van der Waals surface area contributed by atoms with Crippen molar-refractivity contribution in [1.29, 1.82) is 0 Å². The second-order valence-electron chi connectivity index (χ2n) is 4.46. The molecule has 2 N–H and O–H groups in total. The Morgan fingerprint density at radius 2 is 1.95 bits per heavy atom. The fraction of sp³-hybridized carbons (Fsp3) is 0.188. The van der Waals surface area contributed by atoms with E-state index in [0.29, 0.717) is 17.0 Å². The van der Waals surface area contributed by atoms with Gasteiger partial charge in [-0.3, -0.25) is 0 Å². The van der Waals surface area contributed by atoms with Crippen molar-refractivity contribution in [3.8, 4) is 5.75 Å². The number of anilines is 1. The lowest BCUT2D eigenvalue weighted by molar-refractivity contribution is 0.0472. The molecule has 0 fully saturated rings. The lowest BCUT2D eigenvalue weighted by Crippen LogP contribution is -2.06. The van der Waals surface area contributed by atoms with E-state index < -0.39 is 5.97 Å². The zero-order valence-electron chi connectivity index (χ0n) is 11.6. The lowest BCUT2D eigenvalue weighted by Gasteiger charge is -2.09. The molecule has 0 amide bonds. The van der Waals surface area contributed by atoms with Gasteiger partial charge in [0, 0.05) is 0 Å². The summed E-state index contributed by atoms with van der Waals surface area (Å²) in [5.41, 5.74) is 8.70. The van der Waals surface area contributed by atoms with Gasteiger partial charge in [-0.1, -0.05) is 24.3 Å². The Balaban J connectivity index is 2.07. The van der Waals surface area contributed by atoms with E-state index in [1.165, 1.54) is 7.11 Å². The Morgan fingerprint density at radius 1 is 1.20 bits per heavy atom. The average molecular weight is 271 g/mol. The summed E-state index contributed by atoms with van der Waals surface area (Å²) >= 11 is 0. The molecule has 0 saturated heterocycles. The number of nitrogen functional groups attached to an aromatic ring is 1. The predicted octanol–water partition coefficient (Wildman–Crippen LogP) is 2.94. The van der Waals surface area contributed by atoms with E-state index in [4.69, 9.17) is 15.2 Å². The normalized spacial score (nSPS) is 10.1. The Bertz CT molecular complexity index is 623. The second-order valence-corrected chi connectivity index (χ2v) is 4.46. The summed E-state index contributed by atoms with van der Waals surface area (Å²) in [7, 11) is 1.51. The summed E-state index contributed by atoms with van der Waals surface area (Å²) in [6.07, 6.45) is 0. The first kappa shape index (κ1) is 13.9. The number of rotatable bonds is 4. The lowest BCUT2D eigenvalue weighted by atomic mass is 10.1. The summed E-state index contributed by atoms with van der Waals surface area (Å²) in [4.78, 5) is 12.0. The van der Waals surface area contributed by atoms with Crippen LogP contribution in [-0.4, -0.2) is 13.1 Å². The number of aryl methyl sites for hydroxylation is 1. The highest BCUT2D eigenvalue weighted by Crippen LogP contribution is 2.22. The molecular formula is C16H17NO3. The van der Waals surface area contributed by atoms with Crippen molar-refractivity contribution >= 4 is 11.7 Å². The van der Waals surface area contributed by atoms with Crippen molar-refractivity contribution in [2.75, 3.05) is 12.8 Å². The van der Waals surface area contributed by atoms with Crippen LogP contribution in [0.25, 0.3) is 0 Å². The standard InChI is InChI=1S/C16H17NO3/c1-11-5-3-4-6-13(11)10-20-16(18)12-7-8-14(17)15(9-12)19-2/h3-9H,10,17H2,1-2H3. The molecule has 0 atom stereocenters. The van der Waals surface area contributed by atoms with Crippen LogP contribution in [0.1, 0.15) is 21.5 Å². The number of carbonyl (C=O) groups excluding carboxylic acids is 1. The smallest absolute Gasteiger partial charge is 0.338 e. The molecule has 0 unspecified atom stereocenters. The maximum atomic E-state index is 12.0. The molecule has 0 heterocycles.